The summed E-state index contributed by atoms with van der Waals surface area (Å²) in [4.78, 5) is 24.3. The topological polar surface area (TPSA) is 95.7 Å². The van der Waals surface area contributed by atoms with Gasteiger partial charge in [-0.1, -0.05) is 0 Å². The number of alkyl halides is 3. The first kappa shape index (κ1) is 16.1. The van der Waals surface area contributed by atoms with E-state index in [-0.39, 0.29) is 18.7 Å². The minimum absolute atomic E-state index is 0.0375. The third-order valence-corrected chi connectivity index (χ3v) is 3.33. The number of nitrogens with one attached hydrogen (secondary N) is 1. The van der Waals surface area contributed by atoms with Crippen molar-refractivity contribution >= 4 is 17.6 Å². The van der Waals surface area contributed by atoms with Crippen LogP contribution in [-0.2, 0) is 11.0 Å². The van der Waals surface area contributed by atoms with Crippen molar-refractivity contribution in [2.75, 3.05) is 11.9 Å². The molecular formula is C13H14F3N3O3. The molecule has 0 aliphatic carbocycles. The maximum atomic E-state index is 12.4. The Balaban J connectivity index is 2.07. The summed E-state index contributed by atoms with van der Waals surface area (Å²) in [6.45, 7) is -0.0694. The number of benzene rings is 1. The summed E-state index contributed by atoms with van der Waals surface area (Å²) in [6.07, 6.45) is -5.29. The molecule has 1 aromatic rings. The highest BCUT2D eigenvalue weighted by Crippen LogP contribution is 2.30. The Kier molecular flexibility index (Phi) is 4.27. The highest BCUT2D eigenvalue weighted by molar-refractivity contribution is 5.93. The lowest BCUT2D eigenvalue weighted by Gasteiger charge is -2.22. The standard InChI is InChI=1S/C13H14F3N3O3/c14-13(15,16)7-1-3-8(4-2-7)18-12(22)19-6-9(20)5-10(19)11(17)21/h1-4,9-10,20H,5-6H2,(H2,17,21)(H,18,22). The lowest BCUT2D eigenvalue weighted by molar-refractivity contribution is -0.137. The van der Waals surface area contributed by atoms with Crippen molar-refractivity contribution in [3.8, 4) is 0 Å². The normalized spacial score (nSPS) is 21.7. The number of aliphatic hydroxyl groups excluding tert-OH is 1. The number of rotatable bonds is 2. The molecule has 3 amide bonds. The number of anilines is 1. The largest absolute Gasteiger partial charge is 0.416 e. The van der Waals surface area contributed by atoms with Crippen LogP contribution in [0, 0.1) is 0 Å². The fourth-order valence-electron chi connectivity index (χ4n) is 2.25. The average Bonchev–Trinajstić information content (AvgIpc) is 2.81. The first-order chi connectivity index (χ1) is 10.2. The number of hydrogen-bond donors (Lipinski definition) is 3. The Bertz CT molecular complexity index is 574. The van der Waals surface area contributed by atoms with E-state index in [4.69, 9.17) is 5.73 Å². The number of nitrogens with two attached hydrogens (primary N) is 1. The number of urea groups is 1. The van der Waals surface area contributed by atoms with E-state index in [9.17, 15) is 27.9 Å². The molecule has 1 aliphatic rings. The number of likely N-dealkylation sites (tertiary alicyclic amines) is 1. The molecule has 1 saturated heterocycles. The van der Waals surface area contributed by atoms with Gasteiger partial charge in [0, 0.05) is 18.7 Å². The van der Waals surface area contributed by atoms with Crippen molar-refractivity contribution in [2.24, 2.45) is 5.73 Å². The molecule has 9 heteroatoms. The zero-order valence-corrected chi connectivity index (χ0v) is 11.3. The van der Waals surface area contributed by atoms with Gasteiger partial charge in [-0.15, -0.1) is 0 Å². The molecule has 4 N–H and O–H groups in total. The highest BCUT2D eigenvalue weighted by atomic mass is 19.4. The first-order valence-corrected chi connectivity index (χ1v) is 6.40. The summed E-state index contributed by atoms with van der Waals surface area (Å²) in [6, 6.07) is 2.23. The van der Waals surface area contributed by atoms with Crippen molar-refractivity contribution < 1.29 is 27.9 Å². The van der Waals surface area contributed by atoms with Crippen LogP contribution in [0.4, 0.5) is 23.7 Å². The molecule has 0 spiro atoms. The lowest BCUT2D eigenvalue weighted by Crippen LogP contribution is -2.45. The second-order valence-corrected chi connectivity index (χ2v) is 4.97. The van der Waals surface area contributed by atoms with Crippen LogP contribution in [0.2, 0.25) is 0 Å². The smallest absolute Gasteiger partial charge is 0.391 e. The van der Waals surface area contributed by atoms with Crippen molar-refractivity contribution in [2.45, 2.75) is 24.7 Å². The Morgan fingerprint density at radius 1 is 1.27 bits per heavy atom. The van der Waals surface area contributed by atoms with E-state index in [0.717, 1.165) is 29.2 Å². The van der Waals surface area contributed by atoms with Crippen LogP contribution in [0.25, 0.3) is 0 Å². The SMILES string of the molecule is NC(=O)C1CC(O)CN1C(=O)Nc1ccc(C(F)(F)F)cc1. The zero-order chi connectivity index (χ0) is 16.5. The van der Waals surface area contributed by atoms with Crippen molar-refractivity contribution in [3.05, 3.63) is 29.8 Å². The molecule has 2 unspecified atom stereocenters. The van der Waals surface area contributed by atoms with Gasteiger partial charge in [0.2, 0.25) is 5.91 Å². The molecule has 2 rings (SSSR count). The van der Waals surface area contributed by atoms with E-state index in [1.54, 1.807) is 0 Å². The molecule has 1 aromatic carbocycles. The van der Waals surface area contributed by atoms with E-state index >= 15 is 0 Å². The number of carbonyl (C=O) groups excluding carboxylic acids is 2. The first-order valence-electron chi connectivity index (χ1n) is 6.40. The Hall–Kier alpha value is -2.29. The van der Waals surface area contributed by atoms with Crippen LogP contribution < -0.4 is 11.1 Å². The van der Waals surface area contributed by atoms with Gasteiger partial charge in [-0.25, -0.2) is 4.79 Å². The van der Waals surface area contributed by atoms with Crippen LogP contribution in [0.5, 0.6) is 0 Å². The number of hydrogen-bond acceptors (Lipinski definition) is 3. The molecular weight excluding hydrogens is 303 g/mol. The molecule has 0 radical (unpaired) electrons. The molecule has 0 aromatic heterocycles. The molecule has 1 aliphatic heterocycles. The fourth-order valence-corrected chi connectivity index (χ4v) is 2.25. The second kappa shape index (κ2) is 5.84. The average molecular weight is 317 g/mol. The summed E-state index contributed by atoms with van der Waals surface area (Å²) >= 11 is 0. The van der Waals surface area contributed by atoms with E-state index in [1.807, 2.05) is 0 Å². The Labute approximate surface area is 123 Å². The molecule has 2 atom stereocenters. The summed E-state index contributed by atoms with van der Waals surface area (Å²) in [5.74, 6) is -0.751. The lowest BCUT2D eigenvalue weighted by atomic mass is 10.2. The van der Waals surface area contributed by atoms with E-state index in [1.165, 1.54) is 0 Å². The number of nitrogens with zero attached hydrogens (tertiary/aromatic N) is 1. The van der Waals surface area contributed by atoms with Crippen LogP contribution in [0.1, 0.15) is 12.0 Å². The number of halogens is 3. The van der Waals surface area contributed by atoms with Gasteiger partial charge < -0.3 is 21.1 Å². The van der Waals surface area contributed by atoms with E-state index < -0.39 is 35.8 Å². The second-order valence-electron chi connectivity index (χ2n) is 4.97. The predicted octanol–water partition coefficient (Wildman–Crippen LogP) is 1.16. The van der Waals surface area contributed by atoms with Crippen LogP contribution in [0.3, 0.4) is 0 Å². The summed E-state index contributed by atoms with van der Waals surface area (Å²) in [5.41, 5.74) is 4.46. The molecule has 1 fully saturated rings. The van der Waals surface area contributed by atoms with Gasteiger partial charge in [0.15, 0.2) is 0 Å². The number of β-amino-alcohol motifs (C(OH)–C–C–N with tert-alkyl or cyclic N) is 1. The highest BCUT2D eigenvalue weighted by Gasteiger charge is 2.38. The number of aliphatic hydroxyl groups is 1. The van der Waals surface area contributed by atoms with E-state index in [2.05, 4.69) is 5.32 Å². The van der Waals surface area contributed by atoms with Crippen molar-refractivity contribution in [1.29, 1.82) is 0 Å². The number of primary amides is 1. The molecule has 120 valence electrons. The molecule has 0 saturated carbocycles. The van der Waals surface area contributed by atoms with Gasteiger partial charge in [0.25, 0.3) is 0 Å². The monoisotopic (exact) mass is 317 g/mol. The van der Waals surface area contributed by atoms with Gasteiger partial charge in [-0.3, -0.25) is 4.79 Å². The molecule has 0 bridgehead atoms. The van der Waals surface area contributed by atoms with Gasteiger partial charge in [0.05, 0.1) is 11.7 Å². The van der Waals surface area contributed by atoms with Crippen LogP contribution in [-0.4, -0.2) is 40.6 Å². The summed E-state index contributed by atoms with van der Waals surface area (Å²) < 4.78 is 37.3. The maximum Gasteiger partial charge on any atom is 0.416 e. The Morgan fingerprint density at radius 2 is 1.86 bits per heavy atom. The van der Waals surface area contributed by atoms with E-state index in [0.29, 0.717) is 0 Å². The van der Waals surface area contributed by atoms with Crippen molar-refractivity contribution in [3.63, 3.8) is 0 Å². The quantitative estimate of drug-likeness (QED) is 0.763. The summed E-state index contributed by atoms with van der Waals surface area (Å²) in [7, 11) is 0. The van der Waals surface area contributed by atoms with Gasteiger partial charge >= 0.3 is 12.2 Å². The molecule has 6 nitrogen and oxygen atoms in total. The predicted molar refractivity (Wildman–Crippen MR) is 70.8 cm³/mol. The molecule has 1 heterocycles. The van der Waals surface area contributed by atoms with Crippen molar-refractivity contribution in [1.82, 2.24) is 4.90 Å². The van der Waals surface area contributed by atoms with Crippen LogP contribution >= 0.6 is 0 Å². The maximum absolute atomic E-state index is 12.4. The molecule has 22 heavy (non-hydrogen) atoms. The zero-order valence-electron chi connectivity index (χ0n) is 11.3. The number of amides is 3. The van der Waals surface area contributed by atoms with Gasteiger partial charge in [-0.05, 0) is 24.3 Å². The minimum atomic E-state index is -4.46. The third-order valence-electron chi connectivity index (χ3n) is 3.33. The Morgan fingerprint density at radius 3 is 2.36 bits per heavy atom. The van der Waals surface area contributed by atoms with Gasteiger partial charge in [0.1, 0.15) is 6.04 Å². The summed E-state index contributed by atoms with van der Waals surface area (Å²) in [5, 5.41) is 11.9. The van der Waals surface area contributed by atoms with Gasteiger partial charge in [-0.2, -0.15) is 13.2 Å². The minimum Gasteiger partial charge on any atom is -0.391 e. The third kappa shape index (κ3) is 3.48. The van der Waals surface area contributed by atoms with Crippen LogP contribution in [0.15, 0.2) is 24.3 Å². The number of carbonyl (C=O) groups is 2. The fraction of sp³-hybridized carbons (Fsp3) is 0.385.